The number of nitrogens with one attached hydrogen (secondary N) is 2. The lowest BCUT2D eigenvalue weighted by molar-refractivity contribution is 0.102. The largest absolute Gasteiger partial charge is 0.338 e. The van der Waals surface area contributed by atoms with Crippen LogP contribution in [0.2, 0.25) is 0 Å². The van der Waals surface area contributed by atoms with Gasteiger partial charge in [0.2, 0.25) is 0 Å². The average Bonchev–Trinajstić information content (AvgIpc) is 3.30. The SMILES string of the molecule is Cc1cc(C)n2nc(Nc3ccccc3)c(C(=O)Nc3c(C)n(C)n(-c4ccccc4)c3=O)c2n1. The summed E-state index contributed by atoms with van der Waals surface area (Å²) in [6.45, 7) is 5.57. The predicted octanol–water partition coefficient (Wildman–Crippen LogP) is 4.14. The predicted molar refractivity (Wildman–Crippen MR) is 136 cm³/mol. The number of aryl methyl sites for hydroxylation is 2. The molecule has 0 unspecified atom stereocenters. The second kappa shape index (κ2) is 8.60. The average molecular weight is 468 g/mol. The summed E-state index contributed by atoms with van der Waals surface area (Å²) in [5, 5.41) is 10.7. The summed E-state index contributed by atoms with van der Waals surface area (Å²) in [6, 6.07) is 20.7. The van der Waals surface area contributed by atoms with Crippen molar-refractivity contribution in [2.45, 2.75) is 20.8 Å². The van der Waals surface area contributed by atoms with E-state index in [0.29, 0.717) is 22.8 Å². The Hall–Kier alpha value is -4.66. The van der Waals surface area contributed by atoms with Gasteiger partial charge < -0.3 is 10.6 Å². The molecule has 0 aliphatic heterocycles. The van der Waals surface area contributed by atoms with Crippen LogP contribution < -0.4 is 16.2 Å². The zero-order valence-electron chi connectivity index (χ0n) is 19.9. The van der Waals surface area contributed by atoms with Crippen molar-refractivity contribution in [2.75, 3.05) is 10.6 Å². The lowest BCUT2D eigenvalue weighted by Gasteiger charge is -2.07. The maximum atomic E-state index is 13.7. The third-order valence-electron chi connectivity index (χ3n) is 5.95. The van der Waals surface area contributed by atoms with Gasteiger partial charge in [-0.25, -0.2) is 14.2 Å². The highest BCUT2D eigenvalue weighted by molar-refractivity contribution is 6.12. The van der Waals surface area contributed by atoms with E-state index in [0.717, 1.165) is 17.1 Å². The number of carbonyl (C=O) groups is 1. The van der Waals surface area contributed by atoms with E-state index in [2.05, 4.69) is 20.7 Å². The van der Waals surface area contributed by atoms with Gasteiger partial charge in [-0.2, -0.15) is 0 Å². The highest BCUT2D eigenvalue weighted by Crippen LogP contribution is 2.26. The normalized spacial score (nSPS) is 11.1. The van der Waals surface area contributed by atoms with Crippen LogP contribution in [0.5, 0.6) is 0 Å². The molecule has 0 fully saturated rings. The van der Waals surface area contributed by atoms with E-state index in [1.54, 1.807) is 23.2 Å². The molecule has 0 aliphatic carbocycles. The fourth-order valence-electron chi connectivity index (χ4n) is 4.16. The monoisotopic (exact) mass is 467 g/mol. The Morgan fingerprint density at radius 2 is 1.60 bits per heavy atom. The first kappa shape index (κ1) is 22.1. The summed E-state index contributed by atoms with van der Waals surface area (Å²) in [5.41, 5.74) is 4.27. The van der Waals surface area contributed by atoms with Crippen molar-refractivity contribution in [1.82, 2.24) is 24.0 Å². The molecule has 0 aliphatic rings. The van der Waals surface area contributed by atoms with Gasteiger partial charge in [0.25, 0.3) is 11.5 Å². The quantitative estimate of drug-likeness (QED) is 0.405. The number of fused-ring (bicyclic) bond motifs is 1. The van der Waals surface area contributed by atoms with Gasteiger partial charge in [-0.05, 0) is 51.1 Å². The Bertz CT molecular complexity index is 1610. The van der Waals surface area contributed by atoms with E-state index in [9.17, 15) is 9.59 Å². The minimum Gasteiger partial charge on any atom is -0.338 e. The number of hydrogen-bond acceptors (Lipinski definition) is 5. The molecule has 176 valence electrons. The van der Waals surface area contributed by atoms with Gasteiger partial charge in [-0.1, -0.05) is 36.4 Å². The number of amides is 1. The maximum Gasteiger partial charge on any atom is 0.295 e. The van der Waals surface area contributed by atoms with Crippen LogP contribution in [0.1, 0.15) is 27.4 Å². The van der Waals surface area contributed by atoms with Crippen molar-refractivity contribution < 1.29 is 4.79 Å². The molecule has 3 aromatic heterocycles. The first-order chi connectivity index (χ1) is 16.8. The molecule has 0 saturated carbocycles. The molecule has 1 amide bonds. The van der Waals surface area contributed by atoms with E-state index >= 15 is 0 Å². The van der Waals surface area contributed by atoms with E-state index in [1.165, 1.54) is 4.68 Å². The molecule has 9 heteroatoms. The number of rotatable bonds is 5. The minimum atomic E-state index is -0.470. The van der Waals surface area contributed by atoms with E-state index < -0.39 is 5.91 Å². The highest BCUT2D eigenvalue weighted by Gasteiger charge is 2.26. The van der Waals surface area contributed by atoms with Crippen LogP contribution in [0.4, 0.5) is 17.2 Å². The van der Waals surface area contributed by atoms with Crippen molar-refractivity contribution in [1.29, 1.82) is 0 Å². The molecular formula is C26H25N7O2. The fraction of sp³-hybridized carbons (Fsp3) is 0.154. The summed E-state index contributed by atoms with van der Waals surface area (Å²) in [6.07, 6.45) is 0. The molecule has 3 heterocycles. The number of carbonyl (C=O) groups excluding carboxylic acids is 1. The lowest BCUT2D eigenvalue weighted by atomic mass is 10.2. The standard InChI is InChI=1S/C26H25N7O2/c1-16-15-17(2)32-24(27-16)21(23(30-32)28-19-11-7-5-8-12-19)25(34)29-22-18(3)31(4)33(26(22)35)20-13-9-6-10-14-20/h5-15H,1-4H3,(H,28,30)(H,29,34). The Morgan fingerprint density at radius 3 is 2.29 bits per heavy atom. The summed E-state index contributed by atoms with van der Waals surface area (Å²) in [7, 11) is 1.78. The van der Waals surface area contributed by atoms with Crippen molar-refractivity contribution in [3.63, 3.8) is 0 Å². The second-order valence-electron chi connectivity index (χ2n) is 8.38. The van der Waals surface area contributed by atoms with Crippen molar-refractivity contribution >= 4 is 28.7 Å². The lowest BCUT2D eigenvalue weighted by Crippen LogP contribution is -2.23. The number of hydrogen-bond donors (Lipinski definition) is 2. The summed E-state index contributed by atoms with van der Waals surface area (Å²) in [4.78, 5) is 31.6. The van der Waals surface area contributed by atoms with Gasteiger partial charge in [0, 0.05) is 24.1 Å². The highest BCUT2D eigenvalue weighted by atomic mass is 16.2. The third-order valence-corrected chi connectivity index (χ3v) is 5.95. The van der Waals surface area contributed by atoms with Crippen LogP contribution in [0, 0.1) is 20.8 Å². The van der Waals surface area contributed by atoms with Gasteiger partial charge >= 0.3 is 0 Å². The topological polar surface area (TPSA) is 98.2 Å². The molecule has 2 aromatic carbocycles. The smallest absolute Gasteiger partial charge is 0.295 e. The Morgan fingerprint density at radius 1 is 0.943 bits per heavy atom. The molecule has 5 rings (SSSR count). The van der Waals surface area contributed by atoms with Gasteiger partial charge in [0.05, 0.1) is 11.4 Å². The number of para-hydroxylation sites is 2. The van der Waals surface area contributed by atoms with Crippen LogP contribution in [0.3, 0.4) is 0 Å². The molecule has 0 saturated heterocycles. The Balaban J connectivity index is 1.62. The fourth-order valence-corrected chi connectivity index (χ4v) is 4.16. The maximum absolute atomic E-state index is 13.7. The van der Waals surface area contributed by atoms with E-state index in [1.807, 2.05) is 80.6 Å². The molecule has 0 bridgehead atoms. The van der Waals surface area contributed by atoms with Crippen molar-refractivity contribution in [2.24, 2.45) is 7.05 Å². The van der Waals surface area contributed by atoms with Crippen LogP contribution in [0.15, 0.2) is 71.5 Å². The number of anilines is 3. The van der Waals surface area contributed by atoms with E-state index in [4.69, 9.17) is 0 Å². The summed E-state index contributed by atoms with van der Waals surface area (Å²) >= 11 is 0. The molecule has 35 heavy (non-hydrogen) atoms. The molecule has 0 radical (unpaired) electrons. The molecule has 0 spiro atoms. The van der Waals surface area contributed by atoms with Crippen LogP contribution in [-0.4, -0.2) is 29.9 Å². The van der Waals surface area contributed by atoms with Gasteiger partial charge in [-0.3, -0.25) is 14.3 Å². The van der Waals surface area contributed by atoms with Crippen molar-refractivity contribution in [3.8, 4) is 5.69 Å². The number of aromatic nitrogens is 5. The third kappa shape index (κ3) is 3.86. The minimum absolute atomic E-state index is 0.204. The number of benzene rings is 2. The summed E-state index contributed by atoms with van der Waals surface area (Å²) in [5.74, 6) is -0.117. The van der Waals surface area contributed by atoms with E-state index in [-0.39, 0.29) is 16.8 Å². The van der Waals surface area contributed by atoms with Gasteiger partial charge in [-0.15, -0.1) is 5.10 Å². The molecule has 9 nitrogen and oxygen atoms in total. The number of nitrogens with zero attached hydrogens (tertiary/aromatic N) is 5. The van der Waals surface area contributed by atoms with Crippen LogP contribution >= 0.6 is 0 Å². The van der Waals surface area contributed by atoms with Gasteiger partial charge in [0.15, 0.2) is 11.5 Å². The van der Waals surface area contributed by atoms with Crippen LogP contribution in [-0.2, 0) is 7.05 Å². The van der Waals surface area contributed by atoms with Gasteiger partial charge in [0.1, 0.15) is 11.3 Å². The first-order valence-electron chi connectivity index (χ1n) is 11.2. The molecular weight excluding hydrogens is 442 g/mol. The zero-order valence-corrected chi connectivity index (χ0v) is 19.9. The Labute approximate surface area is 201 Å². The second-order valence-corrected chi connectivity index (χ2v) is 8.38. The molecule has 0 atom stereocenters. The molecule has 2 N–H and O–H groups in total. The Kier molecular flexibility index (Phi) is 5.44. The van der Waals surface area contributed by atoms with Crippen molar-refractivity contribution in [3.05, 3.63) is 99.7 Å². The first-order valence-corrected chi connectivity index (χ1v) is 11.2. The van der Waals surface area contributed by atoms with Crippen LogP contribution in [0.25, 0.3) is 11.3 Å². The zero-order chi connectivity index (χ0) is 24.7. The molecule has 5 aromatic rings. The summed E-state index contributed by atoms with van der Waals surface area (Å²) < 4.78 is 4.88.